The van der Waals surface area contributed by atoms with E-state index in [2.05, 4.69) is 0 Å². The van der Waals surface area contributed by atoms with Crippen molar-refractivity contribution in [2.24, 2.45) is 0 Å². The Hall–Kier alpha value is -2.62. The summed E-state index contributed by atoms with van der Waals surface area (Å²) < 4.78 is 0.778. The maximum absolute atomic E-state index is 12.4. The Labute approximate surface area is 117 Å². The van der Waals surface area contributed by atoms with E-state index < -0.39 is 0 Å². The molecule has 1 aliphatic rings. The van der Waals surface area contributed by atoms with Crippen LogP contribution in [0.5, 0.6) is 0 Å². The average molecular weight is 266 g/mol. The first-order valence-electron chi connectivity index (χ1n) is 6.41. The number of hydrogen-bond acceptors (Lipinski definition) is 2. The van der Waals surface area contributed by atoms with Gasteiger partial charge in [-0.05, 0) is 12.1 Å². The van der Waals surface area contributed by atoms with Crippen LogP contribution in [-0.4, -0.2) is 23.4 Å². The lowest BCUT2D eigenvalue weighted by Crippen LogP contribution is -2.30. The van der Waals surface area contributed by atoms with E-state index in [9.17, 15) is 10.0 Å². The van der Waals surface area contributed by atoms with Crippen LogP contribution in [0, 0.1) is 5.21 Å². The zero-order chi connectivity index (χ0) is 14.1. The summed E-state index contributed by atoms with van der Waals surface area (Å²) in [5, 5.41) is 12.4. The van der Waals surface area contributed by atoms with E-state index in [0.717, 1.165) is 16.0 Å². The smallest absolute Gasteiger partial charge is 0.324 e. The Morgan fingerprint density at radius 1 is 1.05 bits per heavy atom. The molecule has 0 aliphatic carbocycles. The standard InChI is InChI=1S/C16H14N2O2/c1-17-14-10-6-5-9-13(14)15(16(17)19)18(20)11-12-7-3-2-4-8-12/h2-10H,11H2,1H3/b18-15+. The van der Waals surface area contributed by atoms with E-state index >= 15 is 0 Å². The van der Waals surface area contributed by atoms with Gasteiger partial charge in [0.15, 0.2) is 6.54 Å². The van der Waals surface area contributed by atoms with Crippen LogP contribution in [0.25, 0.3) is 0 Å². The summed E-state index contributed by atoms with van der Waals surface area (Å²) in [5.41, 5.74) is 2.58. The van der Waals surface area contributed by atoms with Crippen LogP contribution >= 0.6 is 0 Å². The molecule has 0 N–H and O–H groups in total. The number of likely N-dealkylation sites (N-methyl/N-ethyl adjacent to an activating group) is 1. The van der Waals surface area contributed by atoms with E-state index in [4.69, 9.17) is 0 Å². The van der Waals surface area contributed by atoms with Gasteiger partial charge in [-0.15, -0.1) is 0 Å². The topological polar surface area (TPSA) is 46.4 Å². The van der Waals surface area contributed by atoms with Crippen molar-refractivity contribution >= 4 is 17.3 Å². The minimum absolute atomic E-state index is 0.171. The van der Waals surface area contributed by atoms with Crippen molar-refractivity contribution in [3.63, 3.8) is 0 Å². The molecule has 1 heterocycles. The van der Waals surface area contributed by atoms with Crippen molar-refractivity contribution in [2.75, 3.05) is 11.9 Å². The third-order valence-electron chi connectivity index (χ3n) is 3.45. The molecule has 0 atom stereocenters. The van der Waals surface area contributed by atoms with Gasteiger partial charge in [0.2, 0.25) is 0 Å². The molecule has 1 aliphatic heterocycles. The third-order valence-corrected chi connectivity index (χ3v) is 3.45. The molecule has 1 amide bonds. The van der Waals surface area contributed by atoms with Gasteiger partial charge in [0.1, 0.15) is 0 Å². The van der Waals surface area contributed by atoms with Gasteiger partial charge in [-0.3, -0.25) is 4.79 Å². The highest BCUT2D eigenvalue weighted by Gasteiger charge is 2.37. The first kappa shape index (κ1) is 12.4. The molecule has 20 heavy (non-hydrogen) atoms. The van der Waals surface area contributed by atoms with Crippen molar-refractivity contribution in [3.05, 3.63) is 70.9 Å². The van der Waals surface area contributed by atoms with Crippen LogP contribution in [0.15, 0.2) is 54.6 Å². The van der Waals surface area contributed by atoms with Crippen molar-refractivity contribution in [2.45, 2.75) is 6.54 Å². The lowest BCUT2D eigenvalue weighted by molar-refractivity contribution is -0.473. The van der Waals surface area contributed by atoms with Crippen LogP contribution in [-0.2, 0) is 11.3 Å². The summed E-state index contributed by atoms with van der Waals surface area (Å²) >= 11 is 0. The third kappa shape index (κ3) is 1.95. The highest BCUT2D eigenvalue weighted by molar-refractivity contribution is 6.52. The molecule has 0 saturated carbocycles. The maximum Gasteiger partial charge on any atom is 0.324 e. The fourth-order valence-corrected chi connectivity index (χ4v) is 2.42. The summed E-state index contributed by atoms with van der Waals surface area (Å²) in [6, 6.07) is 16.8. The predicted molar refractivity (Wildman–Crippen MR) is 77.7 cm³/mol. The second-order valence-corrected chi connectivity index (χ2v) is 4.75. The minimum Gasteiger partial charge on any atom is -0.623 e. The zero-order valence-electron chi connectivity index (χ0n) is 11.1. The quantitative estimate of drug-likeness (QED) is 0.475. The number of benzene rings is 2. The fourth-order valence-electron chi connectivity index (χ4n) is 2.42. The second kappa shape index (κ2) is 4.81. The summed E-state index contributed by atoms with van der Waals surface area (Å²) in [6.07, 6.45) is 0. The maximum atomic E-state index is 12.4. The molecular formula is C16H14N2O2. The van der Waals surface area contributed by atoms with Gasteiger partial charge in [0.25, 0.3) is 5.71 Å². The van der Waals surface area contributed by atoms with E-state index in [-0.39, 0.29) is 18.2 Å². The van der Waals surface area contributed by atoms with Gasteiger partial charge < -0.3 is 10.1 Å². The normalized spacial score (nSPS) is 16.2. The van der Waals surface area contributed by atoms with Crippen LogP contribution < -0.4 is 4.90 Å². The lowest BCUT2D eigenvalue weighted by atomic mass is 10.1. The van der Waals surface area contributed by atoms with Gasteiger partial charge >= 0.3 is 5.91 Å². The molecule has 4 nitrogen and oxygen atoms in total. The first-order chi connectivity index (χ1) is 9.68. The van der Waals surface area contributed by atoms with Gasteiger partial charge in [-0.2, -0.15) is 4.74 Å². The molecule has 0 fully saturated rings. The number of anilines is 1. The largest absolute Gasteiger partial charge is 0.623 e. The van der Waals surface area contributed by atoms with Crippen LogP contribution in [0.4, 0.5) is 5.69 Å². The van der Waals surface area contributed by atoms with E-state index in [1.54, 1.807) is 7.05 Å². The second-order valence-electron chi connectivity index (χ2n) is 4.75. The summed E-state index contributed by atoms with van der Waals surface area (Å²) in [4.78, 5) is 13.8. The Bertz CT molecular complexity index is 693. The molecule has 0 radical (unpaired) electrons. The number of rotatable bonds is 2. The SMILES string of the molecule is CN1C(=O)/C(=[N+](/[O-])Cc2ccccc2)c2ccccc21. The Balaban J connectivity index is 2.04. The predicted octanol–water partition coefficient (Wildman–Crippen LogP) is 2.16. The molecule has 0 bridgehead atoms. The molecule has 100 valence electrons. The summed E-state index contributed by atoms with van der Waals surface area (Å²) in [5.74, 6) is -0.253. The molecule has 0 spiro atoms. The number of carbonyl (C=O) groups excluding carboxylic acids is 1. The highest BCUT2D eigenvalue weighted by Crippen LogP contribution is 2.27. The van der Waals surface area contributed by atoms with E-state index in [0.29, 0.717) is 5.56 Å². The highest BCUT2D eigenvalue weighted by atomic mass is 16.5. The van der Waals surface area contributed by atoms with Gasteiger partial charge in [0, 0.05) is 12.6 Å². The van der Waals surface area contributed by atoms with Crippen LogP contribution in [0.3, 0.4) is 0 Å². The minimum atomic E-state index is -0.253. The molecule has 0 unspecified atom stereocenters. The summed E-state index contributed by atoms with van der Waals surface area (Å²) in [7, 11) is 1.69. The molecule has 2 aromatic carbocycles. The van der Waals surface area contributed by atoms with Gasteiger partial charge in [0.05, 0.1) is 11.3 Å². The average Bonchev–Trinajstić information content (AvgIpc) is 2.72. The molecular weight excluding hydrogens is 252 g/mol. The Morgan fingerprint density at radius 2 is 1.70 bits per heavy atom. The monoisotopic (exact) mass is 266 g/mol. The van der Waals surface area contributed by atoms with Crippen molar-refractivity contribution in [3.8, 4) is 0 Å². The van der Waals surface area contributed by atoms with Gasteiger partial charge in [-0.1, -0.05) is 42.5 Å². The van der Waals surface area contributed by atoms with E-state index in [1.807, 2.05) is 54.6 Å². The number of carbonyl (C=O) groups is 1. The Kier molecular flexibility index (Phi) is 2.99. The number of hydroxylamine groups is 1. The molecule has 3 rings (SSSR count). The lowest BCUT2D eigenvalue weighted by Gasteiger charge is -2.08. The van der Waals surface area contributed by atoms with E-state index in [1.165, 1.54) is 4.90 Å². The number of hydrogen-bond donors (Lipinski definition) is 0. The fraction of sp³-hybridized carbons (Fsp3) is 0.125. The van der Waals surface area contributed by atoms with Crippen molar-refractivity contribution < 1.29 is 9.53 Å². The van der Waals surface area contributed by atoms with Crippen molar-refractivity contribution in [1.29, 1.82) is 0 Å². The molecule has 0 saturated heterocycles. The molecule has 0 aromatic heterocycles. The number of para-hydroxylation sites is 1. The Morgan fingerprint density at radius 3 is 2.45 bits per heavy atom. The van der Waals surface area contributed by atoms with Crippen LogP contribution in [0.2, 0.25) is 0 Å². The van der Waals surface area contributed by atoms with Crippen LogP contribution in [0.1, 0.15) is 11.1 Å². The molecule has 2 aromatic rings. The number of amides is 1. The number of fused-ring (bicyclic) bond motifs is 1. The first-order valence-corrected chi connectivity index (χ1v) is 6.41. The number of nitrogens with zero attached hydrogens (tertiary/aromatic N) is 2. The van der Waals surface area contributed by atoms with Crippen molar-refractivity contribution in [1.82, 2.24) is 0 Å². The van der Waals surface area contributed by atoms with Gasteiger partial charge in [-0.25, -0.2) is 0 Å². The zero-order valence-corrected chi connectivity index (χ0v) is 11.1. The summed E-state index contributed by atoms with van der Waals surface area (Å²) in [6.45, 7) is 0.171. The molecule has 4 heteroatoms.